The van der Waals surface area contributed by atoms with Crippen molar-refractivity contribution < 1.29 is 23.9 Å². The quantitative estimate of drug-likeness (QED) is 0.861. The van der Waals surface area contributed by atoms with E-state index in [1.807, 2.05) is 24.3 Å². The number of likely N-dealkylation sites (tertiary alicyclic amines) is 1. The van der Waals surface area contributed by atoms with Gasteiger partial charge in [0.05, 0.1) is 24.6 Å². The van der Waals surface area contributed by atoms with Gasteiger partial charge in [0.1, 0.15) is 0 Å². The molecule has 1 N–H and O–H groups in total. The molecule has 0 spiro atoms. The van der Waals surface area contributed by atoms with Gasteiger partial charge in [-0.2, -0.15) is 0 Å². The van der Waals surface area contributed by atoms with Crippen molar-refractivity contribution in [1.82, 2.24) is 4.90 Å². The van der Waals surface area contributed by atoms with Gasteiger partial charge in [-0.05, 0) is 36.5 Å². The van der Waals surface area contributed by atoms with Gasteiger partial charge in [-0.3, -0.25) is 14.4 Å². The molecular weight excluding hydrogens is 372 g/mol. The molecule has 5 rings (SSSR count). The van der Waals surface area contributed by atoms with Gasteiger partial charge in [0.15, 0.2) is 5.76 Å². The Kier molecular flexibility index (Phi) is 4.01. The normalized spacial score (nSPS) is 25.4. The molecule has 0 radical (unpaired) electrons. The molecule has 2 aliphatic heterocycles. The van der Waals surface area contributed by atoms with Crippen LogP contribution in [0.3, 0.4) is 0 Å². The number of carboxylic acids is 1. The highest BCUT2D eigenvalue weighted by Gasteiger charge is 2.56. The highest BCUT2D eigenvalue weighted by molar-refractivity contribution is 6.02. The minimum Gasteiger partial charge on any atom is -0.481 e. The van der Waals surface area contributed by atoms with Crippen LogP contribution in [0, 0.1) is 11.3 Å². The van der Waals surface area contributed by atoms with Crippen molar-refractivity contribution in [3.05, 3.63) is 53.5 Å². The Morgan fingerprint density at radius 3 is 2.86 bits per heavy atom. The first-order valence-electron chi connectivity index (χ1n) is 9.97. The van der Waals surface area contributed by atoms with E-state index >= 15 is 0 Å². The third-order valence-electron chi connectivity index (χ3n) is 6.78. The fraction of sp³-hybridized carbons (Fsp3) is 0.409. The highest BCUT2D eigenvalue weighted by Crippen LogP contribution is 2.49. The monoisotopic (exact) mass is 394 g/mol. The summed E-state index contributed by atoms with van der Waals surface area (Å²) in [5.74, 6) is -0.919. The van der Waals surface area contributed by atoms with Gasteiger partial charge in [-0.1, -0.05) is 24.6 Å². The first-order valence-corrected chi connectivity index (χ1v) is 9.97. The number of benzene rings is 1. The van der Waals surface area contributed by atoms with Crippen LogP contribution in [-0.2, 0) is 22.6 Å². The lowest BCUT2D eigenvalue weighted by molar-refractivity contribution is -0.149. The average Bonchev–Trinajstić information content (AvgIpc) is 3.44. The number of nitrogens with zero attached hydrogens (tertiary/aromatic N) is 2. The van der Waals surface area contributed by atoms with Crippen molar-refractivity contribution in [2.75, 3.05) is 18.0 Å². The molecule has 2 atom stereocenters. The maximum atomic E-state index is 13.2. The van der Waals surface area contributed by atoms with E-state index in [9.17, 15) is 19.5 Å². The molecular formula is C22H22N2O5. The second-order valence-corrected chi connectivity index (χ2v) is 8.30. The summed E-state index contributed by atoms with van der Waals surface area (Å²) < 4.78 is 5.51. The predicted octanol–water partition coefficient (Wildman–Crippen LogP) is 2.70. The molecule has 1 aliphatic carbocycles. The van der Waals surface area contributed by atoms with Crippen LogP contribution in [0.1, 0.15) is 40.9 Å². The molecule has 3 aliphatic rings. The van der Waals surface area contributed by atoms with Crippen LogP contribution >= 0.6 is 0 Å². The van der Waals surface area contributed by atoms with Crippen LogP contribution in [0.2, 0.25) is 0 Å². The fourth-order valence-corrected chi connectivity index (χ4v) is 5.25. The van der Waals surface area contributed by atoms with Crippen LogP contribution in [0.25, 0.3) is 0 Å². The third kappa shape index (κ3) is 2.68. The molecule has 7 nitrogen and oxygen atoms in total. The summed E-state index contributed by atoms with van der Waals surface area (Å²) in [6.07, 6.45) is 4.15. The number of hydrogen-bond donors (Lipinski definition) is 1. The maximum Gasteiger partial charge on any atom is 0.311 e. The van der Waals surface area contributed by atoms with Crippen molar-refractivity contribution in [1.29, 1.82) is 0 Å². The topological polar surface area (TPSA) is 91.1 Å². The molecule has 0 bridgehead atoms. The van der Waals surface area contributed by atoms with E-state index in [2.05, 4.69) is 0 Å². The molecule has 2 fully saturated rings. The third-order valence-corrected chi connectivity index (χ3v) is 6.78. The van der Waals surface area contributed by atoms with Crippen molar-refractivity contribution in [3.63, 3.8) is 0 Å². The summed E-state index contributed by atoms with van der Waals surface area (Å²) >= 11 is 0. The number of anilines is 1. The molecule has 1 saturated carbocycles. The zero-order chi connectivity index (χ0) is 20.2. The largest absolute Gasteiger partial charge is 0.481 e. The number of carboxylic acid groups (broad SMARTS) is 1. The number of hydrogen-bond acceptors (Lipinski definition) is 4. The summed E-state index contributed by atoms with van der Waals surface area (Å²) in [6, 6.07) is 9.35. The molecule has 1 saturated heterocycles. The Morgan fingerprint density at radius 2 is 2.07 bits per heavy atom. The lowest BCUT2D eigenvalue weighted by Gasteiger charge is -2.23. The summed E-state index contributed by atoms with van der Waals surface area (Å²) in [6.45, 7) is 0.920. The number of carbonyl (C=O) groups is 3. The first kappa shape index (κ1) is 18.0. The zero-order valence-corrected chi connectivity index (χ0v) is 16.0. The second kappa shape index (κ2) is 6.47. The van der Waals surface area contributed by atoms with Crippen molar-refractivity contribution in [3.8, 4) is 0 Å². The summed E-state index contributed by atoms with van der Waals surface area (Å²) in [5.41, 5.74) is 1.65. The molecule has 3 heterocycles. The number of para-hydroxylation sites is 1. The second-order valence-electron chi connectivity index (χ2n) is 8.30. The lowest BCUT2D eigenvalue weighted by atomic mass is 9.81. The Labute approximate surface area is 167 Å². The molecule has 1 aromatic carbocycles. The molecule has 2 aromatic rings. The molecule has 1 aromatic heterocycles. The Bertz CT molecular complexity index is 1010. The van der Waals surface area contributed by atoms with Crippen LogP contribution in [-0.4, -0.2) is 40.9 Å². The number of amides is 2. The number of fused-ring (bicyclic) bond motifs is 2. The molecule has 29 heavy (non-hydrogen) atoms. The first-order chi connectivity index (χ1) is 14.0. The van der Waals surface area contributed by atoms with Gasteiger partial charge in [0.25, 0.3) is 5.91 Å². The standard InChI is InChI=1S/C22H22N2O5/c25-18-10-14-4-1-2-6-17(14)24(18)11-15-7-9-29-19(15)20(26)23-12-16-5-3-8-22(16,13-23)21(27)28/h1-2,4,6-7,9,16H,3,5,8,10-13H2,(H,27,28)/t16-,22+/m0/s1. The van der Waals surface area contributed by atoms with E-state index in [-0.39, 0.29) is 36.6 Å². The van der Waals surface area contributed by atoms with E-state index in [1.54, 1.807) is 15.9 Å². The van der Waals surface area contributed by atoms with E-state index in [0.29, 0.717) is 24.9 Å². The van der Waals surface area contributed by atoms with Gasteiger partial charge in [-0.25, -0.2) is 0 Å². The van der Waals surface area contributed by atoms with Gasteiger partial charge >= 0.3 is 5.97 Å². The molecule has 150 valence electrons. The van der Waals surface area contributed by atoms with E-state index in [4.69, 9.17) is 4.42 Å². The van der Waals surface area contributed by atoms with Crippen molar-refractivity contribution in [2.45, 2.75) is 32.2 Å². The summed E-state index contributed by atoms with van der Waals surface area (Å²) in [7, 11) is 0. The lowest BCUT2D eigenvalue weighted by Crippen LogP contribution is -2.37. The molecule has 0 unspecified atom stereocenters. The zero-order valence-electron chi connectivity index (χ0n) is 16.0. The number of carbonyl (C=O) groups excluding carboxylic acids is 2. The molecule has 7 heteroatoms. The van der Waals surface area contributed by atoms with Gasteiger partial charge in [-0.15, -0.1) is 0 Å². The minimum atomic E-state index is -0.827. The van der Waals surface area contributed by atoms with E-state index in [0.717, 1.165) is 24.1 Å². The van der Waals surface area contributed by atoms with Crippen LogP contribution in [0.5, 0.6) is 0 Å². The van der Waals surface area contributed by atoms with Crippen molar-refractivity contribution in [2.24, 2.45) is 11.3 Å². The Morgan fingerprint density at radius 1 is 1.24 bits per heavy atom. The van der Waals surface area contributed by atoms with Crippen LogP contribution in [0.4, 0.5) is 5.69 Å². The minimum absolute atomic E-state index is 0.00519. The molecule has 2 amide bonds. The number of furan rings is 1. The van der Waals surface area contributed by atoms with E-state index in [1.165, 1.54) is 6.26 Å². The smallest absolute Gasteiger partial charge is 0.311 e. The predicted molar refractivity (Wildman–Crippen MR) is 103 cm³/mol. The van der Waals surface area contributed by atoms with Crippen molar-refractivity contribution >= 4 is 23.5 Å². The maximum absolute atomic E-state index is 13.2. The number of aliphatic carboxylic acids is 1. The highest BCUT2D eigenvalue weighted by atomic mass is 16.4. The fourth-order valence-electron chi connectivity index (χ4n) is 5.25. The Hall–Kier alpha value is -3.09. The summed E-state index contributed by atoms with van der Waals surface area (Å²) in [5, 5.41) is 9.77. The SMILES string of the molecule is O=C(c1occc1CN1C(=O)Cc2ccccc21)N1C[C@@H]2CCC[C@@]2(C(=O)O)C1. The van der Waals surface area contributed by atoms with Gasteiger partial charge in [0, 0.05) is 24.3 Å². The van der Waals surface area contributed by atoms with Gasteiger partial charge in [0.2, 0.25) is 5.91 Å². The summed E-state index contributed by atoms with van der Waals surface area (Å²) in [4.78, 5) is 40.8. The Balaban J connectivity index is 1.38. The number of rotatable bonds is 4. The van der Waals surface area contributed by atoms with E-state index < -0.39 is 11.4 Å². The average molecular weight is 394 g/mol. The van der Waals surface area contributed by atoms with Crippen LogP contribution < -0.4 is 4.90 Å². The van der Waals surface area contributed by atoms with Gasteiger partial charge < -0.3 is 19.3 Å². The van der Waals surface area contributed by atoms with Crippen LogP contribution in [0.15, 0.2) is 41.0 Å².